The Balaban J connectivity index is 1.56. The Morgan fingerprint density at radius 2 is 1.53 bits per heavy atom. The van der Waals surface area contributed by atoms with E-state index in [0.717, 1.165) is 40.3 Å². The summed E-state index contributed by atoms with van der Waals surface area (Å²) in [4.78, 5) is 11.0. The average molecular weight is 491 g/mol. The van der Waals surface area contributed by atoms with E-state index < -0.39 is 21.8 Å². The molecular formula is C24H25F3N4O2S. The first kappa shape index (κ1) is 24.2. The highest BCUT2D eigenvalue weighted by atomic mass is 32.2. The molecule has 0 N–H and O–H groups in total. The minimum atomic E-state index is -4.61. The maximum absolute atomic E-state index is 13.1. The van der Waals surface area contributed by atoms with Gasteiger partial charge in [-0.25, -0.2) is 18.4 Å². The van der Waals surface area contributed by atoms with E-state index in [1.807, 2.05) is 49.9 Å². The van der Waals surface area contributed by atoms with Crippen molar-refractivity contribution in [2.75, 3.05) is 31.1 Å². The van der Waals surface area contributed by atoms with Crippen molar-refractivity contribution in [1.29, 1.82) is 0 Å². The van der Waals surface area contributed by atoms with Crippen LogP contribution in [-0.2, 0) is 16.2 Å². The lowest BCUT2D eigenvalue weighted by Crippen LogP contribution is -2.49. The molecule has 0 amide bonds. The van der Waals surface area contributed by atoms with Gasteiger partial charge < -0.3 is 4.90 Å². The Bertz CT molecular complexity index is 1300. The number of sulfonamides is 1. The fourth-order valence-corrected chi connectivity index (χ4v) is 5.34. The number of aromatic nitrogens is 2. The maximum atomic E-state index is 13.1. The molecule has 0 atom stereocenters. The quantitative estimate of drug-likeness (QED) is 0.535. The zero-order valence-electron chi connectivity index (χ0n) is 19.1. The van der Waals surface area contributed by atoms with Gasteiger partial charge in [-0.3, -0.25) is 0 Å². The van der Waals surface area contributed by atoms with Gasteiger partial charge in [0.15, 0.2) is 5.82 Å². The fourth-order valence-electron chi connectivity index (χ4n) is 3.88. The van der Waals surface area contributed by atoms with Gasteiger partial charge in [-0.1, -0.05) is 35.9 Å². The molecule has 0 bridgehead atoms. The van der Waals surface area contributed by atoms with Crippen LogP contribution in [0.4, 0.5) is 19.0 Å². The van der Waals surface area contributed by atoms with Crippen LogP contribution >= 0.6 is 0 Å². The topological polar surface area (TPSA) is 66.4 Å². The first-order valence-electron chi connectivity index (χ1n) is 10.8. The molecule has 0 saturated carbocycles. The predicted molar refractivity (Wildman–Crippen MR) is 124 cm³/mol. The smallest absolute Gasteiger partial charge is 0.354 e. The van der Waals surface area contributed by atoms with E-state index in [-0.39, 0.29) is 18.0 Å². The molecule has 10 heteroatoms. The maximum Gasteiger partial charge on any atom is 0.416 e. The van der Waals surface area contributed by atoms with E-state index in [4.69, 9.17) is 4.98 Å². The van der Waals surface area contributed by atoms with Crippen LogP contribution in [0.3, 0.4) is 0 Å². The highest BCUT2D eigenvalue weighted by Crippen LogP contribution is 2.32. The Morgan fingerprint density at radius 3 is 2.15 bits per heavy atom. The van der Waals surface area contributed by atoms with Crippen molar-refractivity contribution in [3.05, 3.63) is 70.9 Å². The molecule has 4 rings (SSSR count). The molecule has 2 heterocycles. The van der Waals surface area contributed by atoms with Crippen LogP contribution in [0, 0.1) is 20.8 Å². The normalized spacial score (nSPS) is 15.5. The Kier molecular flexibility index (Phi) is 6.39. The second-order valence-corrected chi connectivity index (χ2v) is 10.3. The molecule has 180 valence electrons. The zero-order chi connectivity index (χ0) is 24.7. The summed E-state index contributed by atoms with van der Waals surface area (Å²) < 4.78 is 66.4. The van der Waals surface area contributed by atoms with Gasteiger partial charge in [0.25, 0.3) is 0 Å². The molecule has 1 saturated heterocycles. The molecule has 2 aromatic carbocycles. The molecule has 34 heavy (non-hydrogen) atoms. The molecule has 1 aliphatic heterocycles. The van der Waals surface area contributed by atoms with Gasteiger partial charge in [0.2, 0.25) is 10.0 Å². The third-order valence-electron chi connectivity index (χ3n) is 6.01. The van der Waals surface area contributed by atoms with Crippen LogP contribution in [0.1, 0.15) is 22.4 Å². The van der Waals surface area contributed by atoms with Crippen molar-refractivity contribution in [2.45, 2.75) is 31.8 Å². The summed E-state index contributed by atoms with van der Waals surface area (Å²) in [6.07, 6.45) is -4.61. The van der Waals surface area contributed by atoms with Crippen molar-refractivity contribution in [3.63, 3.8) is 0 Å². The van der Waals surface area contributed by atoms with Crippen LogP contribution < -0.4 is 4.90 Å². The number of hydrogen-bond acceptors (Lipinski definition) is 5. The summed E-state index contributed by atoms with van der Waals surface area (Å²) in [5.74, 6) is 1.33. The summed E-state index contributed by atoms with van der Waals surface area (Å²) >= 11 is 0. The molecule has 6 nitrogen and oxygen atoms in total. The van der Waals surface area contributed by atoms with Gasteiger partial charge >= 0.3 is 6.18 Å². The van der Waals surface area contributed by atoms with E-state index in [2.05, 4.69) is 4.98 Å². The zero-order valence-corrected chi connectivity index (χ0v) is 19.9. The van der Waals surface area contributed by atoms with Crippen molar-refractivity contribution in [1.82, 2.24) is 14.3 Å². The molecule has 0 radical (unpaired) electrons. The first-order valence-corrected chi connectivity index (χ1v) is 12.3. The van der Waals surface area contributed by atoms with Gasteiger partial charge in [-0.05, 0) is 39.0 Å². The van der Waals surface area contributed by atoms with E-state index in [1.165, 1.54) is 10.4 Å². The van der Waals surface area contributed by atoms with Crippen LogP contribution in [0.15, 0.2) is 53.4 Å². The molecule has 0 unspecified atom stereocenters. The third-order valence-corrected chi connectivity index (χ3v) is 7.91. The van der Waals surface area contributed by atoms with Crippen molar-refractivity contribution in [2.24, 2.45) is 0 Å². The van der Waals surface area contributed by atoms with Crippen LogP contribution in [0.25, 0.3) is 11.4 Å². The highest BCUT2D eigenvalue weighted by Gasteiger charge is 2.34. The highest BCUT2D eigenvalue weighted by molar-refractivity contribution is 7.89. The average Bonchev–Trinajstić information content (AvgIpc) is 2.81. The molecular weight excluding hydrogens is 465 g/mol. The molecule has 0 spiro atoms. The monoisotopic (exact) mass is 490 g/mol. The Morgan fingerprint density at radius 1 is 0.882 bits per heavy atom. The number of anilines is 1. The summed E-state index contributed by atoms with van der Waals surface area (Å²) in [6, 6.07) is 11.8. The predicted octanol–water partition coefficient (Wildman–Crippen LogP) is 4.60. The van der Waals surface area contributed by atoms with Gasteiger partial charge in [0.05, 0.1) is 10.5 Å². The number of benzene rings is 2. The largest absolute Gasteiger partial charge is 0.416 e. The Labute approximate surface area is 197 Å². The number of nitrogens with zero attached hydrogens (tertiary/aromatic N) is 4. The second-order valence-electron chi connectivity index (χ2n) is 8.36. The molecule has 3 aromatic rings. The van der Waals surface area contributed by atoms with Gasteiger partial charge in [-0.2, -0.15) is 17.5 Å². The van der Waals surface area contributed by atoms with Gasteiger partial charge in [0.1, 0.15) is 5.82 Å². The minimum Gasteiger partial charge on any atom is -0.354 e. The van der Waals surface area contributed by atoms with E-state index in [0.29, 0.717) is 25.0 Å². The SMILES string of the molecule is Cc1ccc(-c2nc(C)c(C)c(N3CCN(S(=O)(=O)c4cccc(C(F)(F)F)c4)CC3)n2)cc1. The lowest BCUT2D eigenvalue weighted by Gasteiger charge is -2.35. The van der Waals surface area contributed by atoms with E-state index >= 15 is 0 Å². The van der Waals surface area contributed by atoms with E-state index in [1.54, 1.807) is 0 Å². The number of halogens is 3. The molecule has 1 aliphatic rings. The lowest BCUT2D eigenvalue weighted by atomic mass is 10.1. The van der Waals surface area contributed by atoms with Crippen LogP contribution in [0.2, 0.25) is 0 Å². The number of alkyl halides is 3. The molecule has 1 fully saturated rings. The molecule has 1 aromatic heterocycles. The summed E-state index contributed by atoms with van der Waals surface area (Å²) in [5.41, 5.74) is 2.78. The van der Waals surface area contributed by atoms with Crippen molar-refractivity contribution in [3.8, 4) is 11.4 Å². The third kappa shape index (κ3) is 4.78. The van der Waals surface area contributed by atoms with Crippen LogP contribution in [-0.4, -0.2) is 48.9 Å². The summed E-state index contributed by atoms with van der Waals surface area (Å²) in [5, 5.41) is 0. The van der Waals surface area contributed by atoms with Gasteiger partial charge in [-0.15, -0.1) is 0 Å². The minimum absolute atomic E-state index is 0.140. The number of piperazine rings is 1. The van der Waals surface area contributed by atoms with E-state index in [9.17, 15) is 21.6 Å². The lowest BCUT2D eigenvalue weighted by molar-refractivity contribution is -0.137. The Hall–Kier alpha value is -2.98. The van der Waals surface area contributed by atoms with Crippen molar-refractivity contribution < 1.29 is 21.6 Å². The standard InChI is InChI=1S/C24H25F3N4O2S/c1-16-7-9-19(10-8-16)22-28-18(3)17(2)23(29-22)30-11-13-31(14-12-30)34(32,33)21-6-4-5-20(15-21)24(25,26)27/h4-10,15H,11-14H2,1-3H3. The summed E-state index contributed by atoms with van der Waals surface area (Å²) in [6.45, 7) is 6.85. The van der Waals surface area contributed by atoms with Crippen LogP contribution in [0.5, 0.6) is 0 Å². The number of rotatable bonds is 4. The van der Waals surface area contributed by atoms with Crippen molar-refractivity contribution >= 4 is 15.8 Å². The number of hydrogen-bond donors (Lipinski definition) is 0. The first-order chi connectivity index (χ1) is 16.0. The summed E-state index contributed by atoms with van der Waals surface area (Å²) in [7, 11) is -4.05. The molecule has 0 aliphatic carbocycles. The van der Waals surface area contributed by atoms with Gasteiger partial charge in [0, 0.05) is 43.0 Å². The second kappa shape index (κ2) is 8.99. The fraction of sp³-hybridized carbons (Fsp3) is 0.333. The number of aryl methyl sites for hydroxylation is 2.